The molecule has 198 valence electrons. The minimum Gasteiger partial charge on any atom is -0.478 e. The number of carbonyl (C=O) groups is 2. The monoisotopic (exact) mass is 578 g/mol. The number of aromatic carboxylic acids is 2. The van der Waals surface area contributed by atoms with Gasteiger partial charge in [-0.2, -0.15) is 22.9 Å². The second kappa shape index (κ2) is 13.9. The number of rotatable bonds is 4. The summed E-state index contributed by atoms with van der Waals surface area (Å²) in [4.78, 5) is 20.4. The van der Waals surface area contributed by atoms with E-state index in [-0.39, 0.29) is 21.7 Å². The Morgan fingerprint density at radius 2 is 0.875 bits per heavy atom. The predicted molar refractivity (Wildman–Crippen MR) is 163 cm³/mol. The molecule has 0 aliphatic carbocycles. The Labute approximate surface area is 250 Å². The van der Waals surface area contributed by atoms with Gasteiger partial charge in [0.1, 0.15) is 0 Å². The molecule has 6 aromatic carbocycles. The van der Waals surface area contributed by atoms with E-state index in [4.69, 9.17) is 10.2 Å². The van der Waals surface area contributed by atoms with Crippen LogP contribution in [0.3, 0.4) is 0 Å². The second-order valence-electron chi connectivity index (χ2n) is 9.71. The van der Waals surface area contributed by atoms with Crippen LogP contribution in [0.4, 0.5) is 0 Å². The number of fused-ring (bicyclic) bond motifs is 2. The molecular formula is C34H30O4SiTi. The van der Waals surface area contributed by atoms with E-state index in [1.54, 1.807) is 60.7 Å². The van der Waals surface area contributed by atoms with Gasteiger partial charge in [0.05, 0.1) is 19.2 Å². The van der Waals surface area contributed by atoms with Crippen LogP contribution in [0.5, 0.6) is 0 Å². The topological polar surface area (TPSA) is 74.6 Å². The summed E-state index contributed by atoms with van der Waals surface area (Å²) < 4.78 is 0. The van der Waals surface area contributed by atoms with Gasteiger partial charge in [0, 0.05) is 0 Å². The van der Waals surface area contributed by atoms with Crippen LogP contribution in [0.2, 0.25) is 13.1 Å². The van der Waals surface area contributed by atoms with Crippen molar-refractivity contribution in [3.05, 3.63) is 145 Å². The van der Waals surface area contributed by atoms with Gasteiger partial charge in [0.15, 0.2) is 0 Å². The second-order valence-corrected chi connectivity index (χ2v) is 14.1. The molecule has 0 aromatic heterocycles. The summed E-state index contributed by atoms with van der Waals surface area (Å²) in [5, 5.41) is 25.3. The molecule has 6 aromatic rings. The number of hydrogen-bond acceptors (Lipinski definition) is 2. The predicted octanol–water partition coefficient (Wildman–Crippen LogP) is 7.02. The standard InChI is InChI=1S/C20H18Si.2C7H6O2.Ti/c1-21(2,19-11-15-7-3-4-8-16(15)12-19)20-13-17-9-5-6-10-18(17)14-20;2*8-7(9)6-4-2-1-3-5-6;/h3-14H,1-2H3;2*1-5H,(H,8,9);/q-2;;;+2. The van der Waals surface area contributed by atoms with Crippen LogP contribution in [0.1, 0.15) is 20.7 Å². The Morgan fingerprint density at radius 3 is 1.18 bits per heavy atom. The van der Waals surface area contributed by atoms with Crippen molar-refractivity contribution in [2.24, 2.45) is 0 Å². The molecule has 0 heterocycles. The van der Waals surface area contributed by atoms with Gasteiger partial charge in [-0.05, 0) is 24.3 Å². The molecule has 0 fully saturated rings. The first-order chi connectivity index (χ1) is 18.8. The molecule has 6 rings (SSSR count). The van der Waals surface area contributed by atoms with Crippen LogP contribution in [0, 0.1) is 0 Å². The average Bonchev–Trinajstić information content (AvgIpc) is 3.60. The van der Waals surface area contributed by atoms with Crippen LogP contribution in [-0.2, 0) is 21.7 Å². The smallest absolute Gasteiger partial charge is 0.478 e. The van der Waals surface area contributed by atoms with Crippen molar-refractivity contribution < 1.29 is 41.5 Å². The van der Waals surface area contributed by atoms with Crippen molar-refractivity contribution in [3.63, 3.8) is 0 Å². The number of hydrogen-bond donors (Lipinski definition) is 2. The number of benzene rings is 4. The molecule has 6 heteroatoms. The van der Waals surface area contributed by atoms with Gasteiger partial charge in [-0.3, -0.25) is 0 Å². The zero-order chi connectivity index (χ0) is 27.8. The first-order valence-corrected chi connectivity index (χ1v) is 15.6. The van der Waals surface area contributed by atoms with Crippen molar-refractivity contribution in [3.8, 4) is 0 Å². The SMILES string of the molecule is C[Si](C)(c1cc2ccccc2[cH-]1)c1cc2ccccc2[cH-]1.O=C(O)c1ccccc1.O=C(O)c1ccccc1.[Ti+2]. The van der Waals surface area contributed by atoms with Gasteiger partial charge >= 0.3 is 33.7 Å². The van der Waals surface area contributed by atoms with Crippen molar-refractivity contribution in [1.82, 2.24) is 0 Å². The average molecular weight is 579 g/mol. The largest absolute Gasteiger partial charge is 2.00 e. The summed E-state index contributed by atoms with van der Waals surface area (Å²) in [7, 11) is -1.62. The molecule has 4 nitrogen and oxygen atoms in total. The molecule has 0 aliphatic heterocycles. The summed E-state index contributed by atoms with van der Waals surface area (Å²) in [5.74, 6) is -1.76. The maximum atomic E-state index is 10.2. The maximum absolute atomic E-state index is 10.2. The first kappa shape index (κ1) is 30.5. The Balaban J connectivity index is 0.000000194. The van der Waals surface area contributed by atoms with Crippen LogP contribution >= 0.6 is 0 Å². The third kappa shape index (κ3) is 7.54. The third-order valence-corrected chi connectivity index (χ3v) is 10.2. The van der Waals surface area contributed by atoms with Crippen LogP contribution < -0.4 is 10.4 Å². The van der Waals surface area contributed by atoms with E-state index < -0.39 is 20.0 Å². The first-order valence-electron chi connectivity index (χ1n) is 12.6. The molecule has 0 aliphatic rings. The van der Waals surface area contributed by atoms with Crippen molar-refractivity contribution >= 4 is 51.9 Å². The molecular weight excluding hydrogens is 548 g/mol. The van der Waals surface area contributed by atoms with E-state index in [0.29, 0.717) is 11.1 Å². The Bertz CT molecular complexity index is 1490. The van der Waals surface area contributed by atoms with Gasteiger partial charge in [-0.25, -0.2) is 9.59 Å². The van der Waals surface area contributed by atoms with Crippen LogP contribution in [-0.4, -0.2) is 30.2 Å². The number of carboxylic acid groups (broad SMARTS) is 2. The van der Waals surface area contributed by atoms with E-state index in [2.05, 4.69) is 85.9 Å². The summed E-state index contributed by atoms with van der Waals surface area (Å²) >= 11 is 0. The van der Waals surface area contributed by atoms with E-state index >= 15 is 0 Å². The van der Waals surface area contributed by atoms with Gasteiger partial charge in [-0.15, -0.1) is 69.7 Å². The van der Waals surface area contributed by atoms with E-state index in [1.807, 2.05) is 0 Å². The molecule has 0 saturated carbocycles. The quantitative estimate of drug-likeness (QED) is 0.174. The normalized spacial score (nSPS) is 10.4. The zero-order valence-electron chi connectivity index (χ0n) is 22.4. The molecule has 0 atom stereocenters. The maximum Gasteiger partial charge on any atom is 2.00 e. The fourth-order valence-electron chi connectivity index (χ4n) is 4.35. The molecule has 0 amide bonds. The van der Waals surface area contributed by atoms with Crippen molar-refractivity contribution in [1.29, 1.82) is 0 Å². The minimum atomic E-state index is -1.62. The van der Waals surface area contributed by atoms with Crippen molar-refractivity contribution in [2.75, 3.05) is 0 Å². The summed E-state index contributed by atoms with van der Waals surface area (Å²) in [6.07, 6.45) is 0. The molecule has 0 spiro atoms. The fourth-order valence-corrected chi connectivity index (χ4v) is 6.75. The Morgan fingerprint density at radius 1 is 0.550 bits per heavy atom. The van der Waals surface area contributed by atoms with Crippen LogP contribution in [0.15, 0.2) is 133 Å². The van der Waals surface area contributed by atoms with E-state index in [0.717, 1.165) is 0 Å². The molecule has 0 radical (unpaired) electrons. The van der Waals surface area contributed by atoms with Gasteiger partial charge in [0.25, 0.3) is 0 Å². The molecule has 0 saturated heterocycles. The summed E-state index contributed by atoms with van der Waals surface area (Å²) in [5.41, 5.74) is 0.662. The van der Waals surface area contributed by atoms with E-state index in [9.17, 15) is 9.59 Å². The van der Waals surface area contributed by atoms with E-state index in [1.165, 1.54) is 31.9 Å². The van der Waals surface area contributed by atoms with Crippen LogP contribution in [0.25, 0.3) is 21.5 Å². The minimum absolute atomic E-state index is 0. The number of carboxylic acids is 2. The Kier molecular flexibility index (Phi) is 10.6. The van der Waals surface area contributed by atoms with Gasteiger partial charge in [-0.1, -0.05) is 61.6 Å². The van der Waals surface area contributed by atoms with Gasteiger partial charge < -0.3 is 10.2 Å². The third-order valence-electron chi connectivity index (χ3n) is 6.72. The van der Waals surface area contributed by atoms with Crippen molar-refractivity contribution in [2.45, 2.75) is 13.1 Å². The molecule has 40 heavy (non-hydrogen) atoms. The van der Waals surface area contributed by atoms with Gasteiger partial charge in [0.2, 0.25) is 0 Å². The molecule has 2 N–H and O–H groups in total. The summed E-state index contributed by atoms with van der Waals surface area (Å²) in [6.45, 7) is 4.91. The molecule has 0 bridgehead atoms. The fraction of sp³-hybridized carbons (Fsp3) is 0.0588. The summed E-state index contributed by atoms with van der Waals surface area (Å²) in [6, 6.07) is 43.5. The Hall–Kier alpha value is -4.03. The zero-order valence-corrected chi connectivity index (χ0v) is 25.0. The molecule has 0 unspecified atom stereocenters.